The summed E-state index contributed by atoms with van der Waals surface area (Å²) in [7, 11) is 0. The molecule has 2 saturated heterocycles. The van der Waals surface area contributed by atoms with E-state index in [1.54, 1.807) is 0 Å². The number of hydrogen-bond donors (Lipinski definition) is 0. The van der Waals surface area contributed by atoms with Gasteiger partial charge in [0.1, 0.15) is 0 Å². The van der Waals surface area contributed by atoms with Crippen LogP contribution in [0.4, 0.5) is 0 Å². The summed E-state index contributed by atoms with van der Waals surface area (Å²) in [5.41, 5.74) is 0.489. The molecule has 0 aromatic carbocycles. The average Bonchev–Trinajstić information content (AvgIpc) is 2.61. The largest absolute Gasteiger partial charge is 0.374 e. The standard InChI is InChI=1S/C12H22O/c1-8(2)12(9(3)4)7-10-5-6-11(12)13-10/h8-11H,5-7H2,1-4H3. The molecule has 2 atom stereocenters. The summed E-state index contributed by atoms with van der Waals surface area (Å²) < 4.78 is 6.01. The second kappa shape index (κ2) is 2.98. The highest BCUT2D eigenvalue weighted by Gasteiger charge is 2.55. The van der Waals surface area contributed by atoms with Gasteiger partial charge < -0.3 is 4.74 Å². The average molecular weight is 182 g/mol. The maximum absolute atomic E-state index is 6.01. The van der Waals surface area contributed by atoms with Crippen LogP contribution < -0.4 is 0 Å². The van der Waals surface area contributed by atoms with E-state index in [4.69, 9.17) is 4.74 Å². The highest BCUT2D eigenvalue weighted by Crippen LogP contribution is 2.55. The van der Waals surface area contributed by atoms with Crippen molar-refractivity contribution in [3.05, 3.63) is 0 Å². The predicted molar refractivity (Wildman–Crippen MR) is 54.6 cm³/mol. The molecule has 0 saturated carbocycles. The lowest BCUT2D eigenvalue weighted by molar-refractivity contribution is 0.00539. The van der Waals surface area contributed by atoms with Gasteiger partial charge in [-0.15, -0.1) is 0 Å². The molecule has 2 bridgehead atoms. The van der Waals surface area contributed by atoms with Crippen molar-refractivity contribution in [2.24, 2.45) is 17.3 Å². The zero-order chi connectivity index (χ0) is 9.64. The Morgan fingerprint density at radius 2 is 1.69 bits per heavy atom. The van der Waals surface area contributed by atoms with Crippen molar-refractivity contribution in [1.82, 2.24) is 0 Å². The van der Waals surface area contributed by atoms with Gasteiger partial charge >= 0.3 is 0 Å². The molecule has 1 heteroatoms. The summed E-state index contributed by atoms with van der Waals surface area (Å²) in [6.07, 6.45) is 5.09. The molecule has 0 amide bonds. The Morgan fingerprint density at radius 3 is 1.92 bits per heavy atom. The van der Waals surface area contributed by atoms with Crippen LogP contribution in [0.25, 0.3) is 0 Å². The molecule has 0 radical (unpaired) electrons. The summed E-state index contributed by atoms with van der Waals surface area (Å²) in [5, 5.41) is 0. The summed E-state index contributed by atoms with van der Waals surface area (Å²) in [6, 6.07) is 0. The van der Waals surface area contributed by atoms with E-state index in [0.29, 0.717) is 17.6 Å². The van der Waals surface area contributed by atoms with Crippen molar-refractivity contribution in [1.29, 1.82) is 0 Å². The normalized spacial score (nSPS) is 36.5. The summed E-state index contributed by atoms with van der Waals surface area (Å²) in [6.45, 7) is 9.46. The summed E-state index contributed by atoms with van der Waals surface area (Å²) in [5.74, 6) is 1.53. The highest BCUT2D eigenvalue weighted by atomic mass is 16.5. The molecule has 13 heavy (non-hydrogen) atoms. The topological polar surface area (TPSA) is 9.23 Å². The third-order valence-corrected chi connectivity index (χ3v) is 4.44. The van der Waals surface area contributed by atoms with Crippen LogP contribution in [0.3, 0.4) is 0 Å². The van der Waals surface area contributed by atoms with E-state index in [9.17, 15) is 0 Å². The maximum atomic E-state index is 6.01. The maximum Gasteiger partial charge on any atom is 0.0641 e. The van der Waals surface area contributed by atoms with E-state index in [-0.39, 0.29) is 0 Å². The Kier molecular flexibility index (Phi) is 2.18. The van der Waals surface area contributed by atoms with E-state index >= 15 is 0 Å². The van der Waals surface area contributed by atoms with Crippen molar-refractivity contribution in [2.45, 2.75) is 59.2 Å². The zero-order valence-electron chi connectivity index (χ0n) is 9.34. The van der Waals surface area contributed by atoms with Crippen LogP contribution in [0, 0.1) is 17.3 Å². The molecule has 76 valence electrons. The van der Waals surface area contributed by atoms with Crippen LogP contribution in [-0.4, -0.2) is 12.2 Å². The first kappa shape index (κ1) is 9.51. The Bertz CT molecular complexity index is 187. The molecule has 2 heterocycles. The predicted octanol–water partition coefficient (Wildman–Crippen LogP) is 3.24. The molecule has 0 aromatic rings. The molecule has 0 aromatic heterocycles. The third-order valence-electron chi connectivity index (χ3n) is 4.44. The van der Waals surface area contributed by atoms with E-state index in [1.165, 1.54) is 19.3 Å². The molecular weight excluding hydrogens is 160 g/mol. The molecular formula is C12H22O. The van der Waals surface area contributed by atoms with Crippen LogP contribution in [-0.2, 0) is 4.74 Å². The Morgan fingerprint density at radius 1 is 1.08 bits per heavy atom. The fourth-order valence-corrected chi connectivity index (χ4v) is 3.66. The van der Waals surface area contributed by atoms with Crippen molar-refractivity contribution < 1.29 is 4.74 Å². The summed E-state index contributed by atoms with van der Waals surface area (Å²) in [4.78, 5) is 0. The minimum absolute atomic E-state index is 0.489. The molecule has 0 N–H and O–H groups in total. The lowest BCUT2D eigenvalue weighted by Gasteiger charge is -2.43. The monoisotopic (exact) mass is 182 g/mol. The minimum atomic E-state index is 0.489. The number of hydrogen-bond acceptors (Lipinski definition) is 1. The SMILES string of the molecule is CC(C)C1(C(C)C)CC2CCC1O2. The van der Waals surface area contributed by atoms with Crippen LogP contribution in [0.5, 0.6) is 0 Å². The van der Waals surface area contributed by atoms with Crippen LogP contribution in [0.2, 0.25) is 0 Å². The van der Waals surface area contributed by atoms with Crippen LogP contribution in [0.1, 0.15) is 47.0 Å². The van der Waals surface area contributed by atoms with Gasteiger partial charge in [-0.1, -0.05) is 27.7 Å². The van der Waals surface area contributed by atoms with Gasteiger partial charge in [-0.25, -0.2) is 0 Å². The van der Waals surface area contributed by atoms with E-state index in [2.05, 4.69) is 27.7 Å². The van der Waals surface area contributed by atoms with Crippen molar-refractivity contribution >= 4 is 0 Å². The molecule has 0 spiro atoms. The molecule has 2 aliphatic heterocycles. The smallest absolute Gasteiger partial charge is 0.0641 e. The van der Waals surface area contributed by atoms with Gasteiger partial charge in [-0.2, -0.15) is 0 Å². The Hall–Kier alpha value is -0.0400. The molecule has 2 unspecified atom stereocenters. The second-order valence-corrected chi connectivity index (χ2v) is 5.45. The number of ether oxygens (including phenoxy) is 1. The van der Waals surface area contributed by atoms with Gasteiger partial charge in [-0.05, 0) is 31.1 Å². The van der Waals surface area contributed by atoms with Crippen molar-refractivity contribution in [3.8, 4) is 0 Å². The van der Waals surface area contributed by atoms with E-state index in [0.717, 1.165) is 11.8 Å². The van der Waals surface area contributed by atoms with Gasteiger partial charge in [-0.3, -0.25) is 0 Å². The first-order valence-electron chi connectivity index (χ1n) is 5.73. The number of fused-ring (bicyclic) bond motifs is 2. The third kappa shape index (κ3) is 1.16. The minimum Gasteiger partial charge on any atom is -0.374 e. The fraction of sp³-hybridized carbons (Fsp3) is 1.00. The lowest BCUT2D eigenvalue weighted by atomic mass is 9.61. The summed E-state index contributed by atoms with van der Waals surface area (Å²) >= 11 is 0. The molecule has 0 aliphatic carbocycles. The van der Waals surface area contributed by atoms with E-state index < -0.39 is 0 Å². The molecule has 2 aliphatic rings. The van der Waals surface area contributed by atoms with Gasteiger partial charge in [0.2, 0.25) is 0 Å². The number of rotatable bonds is 2. The highest BCUT2D eigenvalue weighted by molar-refractivity contribution is 5.03. The lowest BCUT2D eigenvalue weighted by Crippen LogP contribution is -2.41. The Labute approximate surface area is 81.9 Å². The zero-order valence-corrected chi connectivity index (χ0v) is 9.34. The Balaban J connectivity index is 2.25. The molecule has 1 nitrogen and oxygen atoms in total. The fourth-order valence-electron chi connectivity index (χ4n) is 3.66. The van der Waals surface area contributed by atoms with Crippen molar-refractivity contribution in [3.63, 3.8) is 0 Å². The van der Waals surface area contributed by atoms with Crippen molar-refractivity contribution in [2.75, 3.05) is 0 Å². The van der Waals surface area contributed by atoms with Gasteiger partial charge in [0.05, 0.1) is 12.2 Å². The first-order chi connectivity index (χ1) is 6.07. The van der Waals surface area contributed by atoms with Crippen LogP contribution >= 0.6 is 0 Å². The van der Waals surface area contributed by atoms with Gasteiger partial charge in [0, 0.05) is 5.41 Å². The first-order valence-corrected chi connectivity index (χ1v) is 5.73. The molecule has 2 rings (SSSR count). The van der Waals surface area contributed by atoms with Gasteiger partial charge in [0.15, 0.2) is 0 Å². The second-order valence-electron chi connectivity index (χ2n) is 5.45. The van der Waals surface area contributed by atoms with Gasteiger partial charge in [0.25, 0.3) is 0 Å². The quantitative estimate of drug-likeness (QED) is 0.637. The van der Waals surface area contributed by atoms with Crippen LogP contribution in [0.15, 0.2) is 0 Å². The van der Waals surface area contributed by atoms with E-state index in [1.807, 2.05) is 0 Å². The molecule has 2 fully saturated rings.